The number of carbonyl (C=O) groups excluding carboxylic acids is 3. The van der Waals surface area contributed by atoms with Crippen molar-refractivity contribution in [1.82, 2.24) is 0 Å². The molecule has 2 aromatic rings. The summed E-state index contributed by atoms with van der Waals surface area (Å²) in [7, 11) is 1.31. The van der Waals surface area contributed by atoms with Crippen LogP contribution < -0.4 is 10.2 Å². The Morgan fingerprint density at radius 1 is 1.12 bits per heavy atom. The smallest absolute Gasteiger partial charge is 0.337 e. The fourth-order valence-corrected chi connectivity index (χ4v) is 3.03. The van der Waals surface area contributed by atoms with Crippen molar-refractivity contribution in [1.29, 1.82) is 0 Å². The maximum absolute atomic E-state index is 12.5. The van der Waals surface area contributed by atoms with Gasteiger partial charge in [0.2, 0.25) is 11.8 Å². The Bertz CT molecular complexity index is 845. The number of carbonyl (C=O) groups is 3. The number of anilines is 2. The van der Waals surface area contributed by atoms with Crippen LogP contribution in [0.1, 0.15) is 22.3 Å². The molecule has 0 aromatic heterocycles. The fraction of sp³-hybridized carbons (Fsp3) is 0.250. The monoisotopic (exact) mass is 352 g/mol. The molecule has 6 nitrogen and oxygen atoms in total. The number of methoxy groups -OCH3 is 1. The number of ether oxygens (including phenoxy) is 1. The van der Waals surface area contributed by atoms with E-state index < -0.39 is 11.9 Å². The van der Waals surface area contributed by atoms with E-state index in [9.17, 15) is 14.4 Å². The lowest BCUT2D eigenvalue weighted by molar-refractivity contribution is -0.122. The van der Waals surface area contributed by atoms with E-state index in [2.05, 4.69) is 10.1 Å². The van der Waals surface area contributed by atoms with Gasteiger partial charge in [0.15, 0.2) is 0 Å². The van der Waals surface area contributed by atoms with E-state index in [-0.39, 0.29) is 18.2 Å². The van der Waals surface area contributed by atoms with Crippen LogP contribution in [-0.4, -0.2) is 31.4 Å². The lowest BCUT2D eigenvalue weighted by Gasteiger charge is -2.19. The summed E-state index contributed by atoms with van der Waals surface area (Å²) in [5.74, 6) is -1.11. The van der Waals surface area contributed by atoms with E-state index in [0.717, 1.165) is 11.3 Å². The predicted molar refractivity (Wildman–Crippen MR) is 98.1 cm³/mol. The molecule has 1 fully saturated rings. The molecule has 2 aromatic carbocycles. The van der Waals surface area contributed by atoms with Crippen molar-refractivity contribution in [2.24, 2.45) is 5.92 Å². The number of amides is 2. The highest BCUT2D eigenvalue weighted by Crippen LogP contribution is 2.28. The molecule has 0 spiro atoms. The van der Waals surface area contributed by atoms with Crippen LogP contribution in [0.5, 0.6) is 0 Å². The van der Waals surface area contributed by atoms with Crippen LogP contribution in [0, 0.1) is 12.8 Å². The minimum Gasteiger partial charge on any atom is -0.465 e. The fourth-order valence-electron chi connectivity index (χ4n) is 3.03. The largest absolute Gasteiger partial charge is 0.465 e. The second kappa shape index (κ2) is 7.39. The molecule has 26 heavy (non-hydrogen) atoms. The van der Waals surface area contributed by atoms with E-state index in [1.165, 1.54) is 7.11 Å². The molecule has 134 valence electrons. The third-order valence-corrected chi connectivity index (χ3v) is 4.48. The highest BCUT2D eigenvalue weighted by atomic mass is 16.5. The Kier molecular flexibility index (Phi) is 5.02. The van der Waals surface area contributed by atoms with E-state index in [4.69, 9.17) is 0 Å². The van der Waals surface area contributed by atoms with Crippen LogP contribution in [-0.2, 0) is 14.3 Å². The summed E-state index contributed by atoms with van der Waals surface area (Å²) in [5.41, 5.74) is 2.83. The van der Waals surface area contributed by atoms with E-state index >= 15 is 0 Å². The minimum atomic E-state index is -0.432. The van der Waals surface area contributed by atoms with Crippen LogP contribution in [0.15, 0.2) is 48.5 Å². The summed E-state index contributed by atoms with van der Waals surface area (Å²) in [5, 5.41) is 2.81. The molecule has 1 N–H and O–H groups in total. The number of para-hydroxylation sites is 1. The second-order valence-electron chi connectivity index (χ2n) is 6.25. The zero-order valence-electron chi connectivity index (χ0n) is 14.7. The Morgan fingerprint density at radius 2 is 1.81 bits per heavy atom. The standard InChI is InChI=1S/C20H20N2O4/c1-13-5-3-4-6-17(13)22-12-15(11-18(22)23)19(24)21-16-9-7-14(8-10-16)20(25)26-2/h3-10,15H,11-12H2,1-2H3,(H,21,24)/t15-/m0/s1. The van der Waals surface area contributed by atoms with Gasteiger partial charge < -0.3 is 15.0 Å². The van der Waals surface area contributed by atoms with Crippen molar-refractivity contribution in [3.05, 3.63) is 59.7 Å². The van der Waals surface area contributed by atoms with E-state index in [1.54, 1.807) is 29.2 Å². The molecule has 1 aliphatic heterocycles. The molecular weight excluding hydrogens is 332 g/mol. The molecule has 0 unspecified atom stereocenters. The van der Waals surface area contributed by atoms with Gasteiger partial charge in [0.25, 0.3) is 0 Å². The van der Waals surface area contributed by atoms with Gasteiger partial charge in [0.1, 0.15) is 0 Å². The number of hydrogen-bond donors (Lipinski definition) is 1. The first-order valence-electron chi connectivity index (χ1n) is 8.35. The van der Waals surface area contributed by atoms with Gasteiger partial charge in [0.05, 0.1) is 18.6 Å². The lowest BCUT2D eigenvalue weighted by Crippen LogP contribution is -2.28. The number of nitrogens with zero attached hydrogens (tertiary/aromatic N) is 1. The number of aryl methyl sites for hydroxylation is 1. The van der Waals surface area contributed by atoms with Crippen molar-refractivity contribution in [2.75, 3.05) is 23.9 Å². The van der Waals surface area contributed by atoms with Gasteiger partial charge in [-0.05, 0) is 42.8 Å². The molecule has 0 saturated carbocycles. The van der Waals surface area contributed by atoms with Crippen LogP contribution in [0.2, 0.25) is 0 Å². The molecule has 0 radical (unpaired) electrons. The zero-order valence-corrected chi connectivity index (χ0v) is 14.7. The van der Waals surface area contributed by atoms with Gasteiger partial charge in [-0.25, -0.2) is 4.79 Å². The second-order valence-corrected chi connectivity index (χ2v) is 6.25. The molecule has 3 rings (SSSR count). The lowest BCUT2D eigenvalue weighted by atomic mass is 10.1. The molecule has 1 atom stereocenters. The summed E-state index contributed by atoms with van der Waals surface area (Å²) in [6.45, 7) is 2.30. The summed E-state index contributed by atoms with van der Waals surface area (Å²) in [6.07, 6.45) is 0.181. The number of rotatable bonds is 4. The van der Waals surface area contributed by atoms with Crippen molar-refractivity contribution in [2.45, 2.75) is 13.3 Å². The molecule has 1 saturated heterocycles. The van der Waals surface area contributed by atoms with Crippen LogP contribution in [0.4, 0.5) is 11.4 Å². The molecular formula is C20H20N2O4. The summed E-state index contributed by atoms with van der Waals surface area (Å²) in [6, 6.07) is 14.1. The van der Waals surface area contributed by atoms with Gasteiger partial charge in [-0.1, -0.05) is 18.2 Å². The maximum Gasteiger partial charge on any atom is 0.337 e. The highest BCUT2D eigenvalue weighted by Gasteiger charge is 2.35. The Labute approximate surface area is 151 Å². The van der Waals surface area contributed by atoms with Gasteiger partial charge >= 0.3 is 5.97 Å². The van der Waals surface area contributed by atoms with E-state index in [0.29, 0.717) is 17.8 Å². The van der Waals surface area contributed by atoms with Crippen molar-refractivity contribution in [3.63, 3.8) is 0 Å². The molecule has 0 aliphatic carbocycles. The number of benzene rings is 2. The first kappa shape index (κ1) is 17.7. The Morgan fingerprint density at radius 3 is 2.46 bits per heavy atom. The molecule has 1 aliphatic rings. The SMILES string of the molecule is COC(=O)c1ccc(NC(=O)[C@H]2CC(=O)N(c3ccccc3C)C2)cc1. The maximum atomic E-state index is 12.5. The van der Waals surface area contributed by atoms with Crippen LogP contribution in [0.25, 0.3) is 0 Å². The van der Waals surface area contributed by atoms with E-state index in [1.807, 2.05) is 31.2 Å². The number of nitrogens with one attached hydrogen (secondary N) is 1. The minimum absolute atomic E-state index is 0.0551. The normalized spacial score (nSPS) is 16.5. The van der Waals surface area contributed by atoms with Crippen molar-refractivity contribution < 1.29 is 19.1 Å². The topological polar surface area (TPSA) is 75.7 Å². The summed E-state index contributed by atoms with van der Waals surface area (Å²) in [4.78, 5) is 38.0. The zero-order chi connectivity index (χ0) is 18.7. The Balaban J connectivity index is 1.67. The van der Waals surface area contributed by atoms with Gasteiger partial charge in [-0.3, -0.25) is 9.59 Å². The summed E-state index contributed by atoms with van der Waals surface area (Å²) >= 11 is 0. The van der Waals surface area contributed by atoms with Gasteiger partial charge in [0, 0.05) is 24.3 Å². The quantitative estimate of drug-likeness (QED) is 0.859. The number of esters is 1. The third-order valence-electron chi connectivity index (χ3n) is 4.48. The first-order valence-corrected chi connectivity index (χ1v) is 8.35. The predicted octanol–water partition coefficient (Wildman–Crippen LogP) is 2.77. The van der Waals surface area contributed by atoms with Crippen molar-refractivity contribution in [3.8, 4) is 0 Å². The molecule has 2 amide bonds. The molecule has 0 bridgehead atoms. The average Bonchev–Trinajstić information content (AvgIpc) is 3.04. The first-order chi connectivity index (χ1) is 12.5. The van der Waals surface area contributed by atoms with Crippen LogP contribution >= 0.6 is 0 Å². The number of hydrogen-bond acceptors (Lipinski definition) is 4. The van der Waals surface area contributed by atoms with Crippen molar-refractivity contribution >= 4 is 29.2 Å². The highest BCUT2D eigenvalue weighted by molar-refractivity contribution is 6.04. The average molecular weight is 352 g/mol. The Hall–Kier alpha value is -3.15. The summed E-state index contributed by atoms with van der Waals surface area (Å²) < 4.78 is 4.64. The van der Waals surface area contributed by atoms with Crippen LogP contribution in [0.3, 0.4) is 0 Å². The van der Waals surface area contributed by atoms with Gasteiger partial charge in [-0.15, -0.1) is 0 Å². The molecule has 1 heterocycles. The third kappa shape index (κ3) is 3.59. The molecule has 6 heteroatoms. The van der Waals surface area contributed by atoms with Gasteiger partial charge in [-0.2, -0.15) is 0 Å².